The zero-order chi connectivity index (χ0) is 25.8. The topological polar surface area (TPSA) is 105 Å². The first-order valence-corrected chi connectivity index (χ1v) is 10.5. The van der Waals surface area contributed by atoms with Gasteiger partial charge in [-0.05, 0) is 30.7 Å². The molecule has 3 N–H and O–H groups in total. The van der Waals surface area contributed by atoms with Crippen molar-refractivity contribution in [2.75, 3.05) is 0 Å². The average molecular weight is 504 g/mol. The van der Waals surface area contributed by atoms with E-state index in [1.807, 2.05) is 0 Å². The molecule has 8 nitrogen and oxygen atoms in total. The van der Waals surface area contributed by atoms with E-state index >= 15 is 0 Å². The Morgan fingerprint density at radius 1 is 1.09 bits per heavy atom. The molecule has 3 aromatic rings. The van der Waals surface area contributed by atoms with Gasteiger partial charge in [0.1, 0.15) is 11.5 Å². The Morgan fingerprint density at radius 2 is 1.80 bits per heavy atom. The minimum Gasteiger partial charge on any atom is -0.350 e. The minimum absolute atomic E-state index is 0.0252. The van der Waals surface area contributed by atoms with Crippen LogP contribution in [0.1, 0.15) is 54.1 Å². The van der Waals surface area contributed by atoms with Crippen LogP contribution in [0.4, 0.5) is 26.3 Å². The fraction of sp³-hybridized carbons (Fsp3) is 0.429. The monoisotopic (exact) mass is 504 g/mol. The van der Waals surface area contributed by atoms with Crippen LogP contribution in [0.15, 0.2) is 30.5 Å². The Hall–Kier alpha value is -3.58. The van der Waals surface area contributed by atoms with E-state index in [0.717, 1.165) is 4.68 Å². The molecule has 2 aromatic heterocycles. The first kappa shape index (κ1) is 26.0. The second-order valence-corrected chi connectivity index (χ2v) is 7.85. The third-order valence-corrected chi connectivity index (χ3v) is 5.04. The lowest BCUT2D eigenvalue weighted by molar-refractivity contribution is -0.144. The van der Waals surface area contributed by atoms with Gasteiger partial charge in [0.05, 0.1) is 43.0 Å². The fourth-order valence-corrected chi connectivity index (χ4v) is 3.28. The summed E-state index contributed by atoms with van der Waals surface area (Å²) in [5.74, 6) is -0.979. The molecule has 3 rings (SSSR count). The van der Waals surface area contributed by atoms with E-state index in [1.165, 1.54) is 12.3 Å². The highest BCUT2D eigenvalue weighted by Gasteiger charge is 2.29. The Labute approximate surface area is 195 Å². The Morgan fingerprint density at radius 3 is 2.49 bits per heavy atom. The fourth-order valence-electron chi connectivity index (χ4n) is 3.28. The van der Waals surface area contributed by atoms with Gasteiger partial charge in [-0.25, -0.2) is 4.98 Å². The van der Waals surface area contributed by atoms with E-state index in [0.29, 0.717) is 22.4 Å². The van der Waals surface area contributed by atoms with Crippen LogP contribution >= 0.6 is 0 Å². The van der Waals surface area contributed by atoms with Gasteiger partial charge in [0.2, 0.25) is 5.91 Å². The number of aryl methyl sites for hydroxylation is 1. The Balaban J connectivity index is 1.59. The molecule has 0 radical (unpaired) electrons. The second kappa shape index (κ2) is 10.4. The molecule has 190 valence electrons. The van der Waals surface area contributed by atoms with Crippen LogP contribution in [0.25, 0.3) is 11.0 Å². The zero-order valence-corrected chi connectivity index (χ0v) is 18.4. The average Bonchev–Trinajstić information content (AvgIpc) is 3.39. The molecule has 2 heterocycles. The maximum atomic E-state index is 12.5. The number of fused-ring (bicyclic) bond motifs is 1. The van der Waals surface area contributed by atoms with Crippen LogP contribution in [-0.2, 0) is 17.9 Å². The molecular weight excluding hydrogens is 482 g/mol. The van der Waals surface area contributed by atoms with Crippen LogP contribution in [-0.4, -0.2) is 43.9 Å². The van der Waals surface area contributed by atoms with Crippen molar-refractivity contribution in [1.29, 1.82) is 0 Å². The summed E-state index contributed by atoms with van der Waals surface area (Å²) in [7, 11) is 0. The molecular formula is C21H22F6N6O2. The van der Waals surface area contributed by atoms with Crippen LogP contribution in [0.5, 0.6) is 0 Å². The number of rotatable bonds is 9. The molecule has 35 heavy (non-hydrogen) atoms. The minimum atomic E-state index is -4.41. The number of carbonyl (C=O) groups excluding carboxylic acids is 2. The molecule has 0 aliphatic rings. The number of nitrogens with one attached hydrogen (secondary N) is 3. The molecule has 0 aliphatic heterocycles. The van der Waals surface area contributed by atoms with Crippen LogP contribution in [0.2, 0.25) is 0 Å². The number of nitrogens with zero attached hydrogens (tertiary/aromatic N) is 3. The van der Waals surface area contributed by atoms with Crippen LogP contribution in [0.3, 0.4) is 0 Å². The van der Waals surface area contributed by atoms with E-state index in [-0.39, 0.29) is 12.2 Å². The Bertz CT molecular complexity index is 1180. The van der Waals surface area contributed by atoms with Gasteiger partial charge in [-0.15, -0.1) is 0 Å². The summed E-state index contributed by atoms with van der Waals surface area (Å²) in [5.41, 5.74) is 1.72. The maximum absolute atomic E-state index is 12.5. The number of carbonyl (C=O) groups is 2. The van der Waals surface area contributed by atoms with Crippen LogP contribution in [0, 0.1) is 0 Å². The number of aromatic nitrogens is 4. The molecule has 14 heteroatoms. The SMILES string of the molecule is CC(NC(=O)CCC(F)(F)F)c1ccc2nc(CNC(=O)c3ccnn3CCC(F)(F)F)[nH]c2c1. The maximum Gasteiger partial charge on any atom is 0.390 e. The number of amides is 2. The summed E-state index contributed by atoms with van der Waals surface area (Å²) in [5, 5.41) is 8.82. The first-order chi connectivity index (χ1) is 16.3. The number of alkyl halides is 6. The number of aromatic amines is 1. The largest absolute Gasteiger partial charge is 0.390 e. The summed E-state index contributed by atoms with van der Waals surface area (Å²) >= 11 is 0. The predicted octanol–water partition coefficient (Wildman–Crippen LogP) is 4.16. The summed E-state index contributed by atoms with van der Waals surface area (Å²) in [6, 6.07) is 5.75. The quantitative estimate of drug-likeness (QED) is 0.381. The number of benzene rings is 1. The van der Waals surface area contributed by atoms with Gasteiger partial charge in [0.25, 0.3) is 5.91 Å². The molecule has 0 saturated heterocycles. The number of hydrogen-bond acceptors (Lipinski definition) is 4. The van der Waals surface area contributed by atoms with E-state index in [4.69, 9.17) is 0 Å². The van der Waals surface area contributed by atoms with E-state index in [1.54, 1.807) is 25.1 Å². The predicted molar refractivity (Wildman–Crippen MR) is 112 cm³/mol. The normalized spacial score (nSPS) is 13.1. The highest BCUT2D eigenvalue weighted by atomic mass is 19.4. The summed E-state index contributed by atoms with van der Waals surface area (Å²) in [6.45, 7) is 1.10. The third kappa shape index (κ3) is 7.72. The van der Waals surface area contributed by atoms with Crippen molar-refractivity contribution in [3.8, 4) is 0 Å². The van der Waals surface area contributed by atoms with Crippen molar-refractivity contribution in [2.45, 2.75) is 57.7 Å². The molecule has 1 aromatic carbocycles. The van der Waals surface area contributed by atoms with Crippen molar-refractivity contribution in [1.82, 2.24) is 30.4 Å². The highest BCUT2D eigenvalue weighted by Crippen LogP contribution is 2.23. The first-order valence-electron chi connectivity index (χ1n) is 10.5. The van der Waals surface area contributed by atoms with Crippen molar-refractivity contribution in [2.24, 2.45) is 0 Å². The van der Waals surface area contributed by atoms with Gasteiger partial charge in [-0.3, -0.25) is 14.3 Å². The summed E-state index contributed by atoms with van der Waals surface area (Å²) in [4.78, 5) is 31.5. The van der Waals surface area contributed by atoms with Gasteiger partial charge in [0.15, 0.2) is 0 Å². The standard InChI is InChI=1S/C21H22F6N6O2/c1-12(30-18(34)4-6-20(22,23)24)13-2-3-14-15(10-13)32-17(31-14)11-28-19(35)16-5-8-29-33(16)9-7-21(25,26)27/h2-3,5,8,10,12H,4,6-7,9,11H2,1H3,(H,28,35)(H,30,34)(H,31,32). The molecule has 2 amide bonds. The van der Waals surface area contributed by atoms with Gasteiger partial charge in [0, 0.05) is 12.6 Å². The van der Waals surface area contributed by atoms with Crippen molar-refractivity contribution in [3.63, 3.8) is 0 Å². The zero-order valence-electron chi connectivity index (χ0n) is 18.4. The van der Waals surface area contributed by atoms with Crippen molar-refractivity contribution >= 4 is 22.8 Å². The van der Waals surface area contributed by atoms with Crippen molar-refractivity contribution in [3.05, 3.63) is 47.5 Å². The lowest BCUT2D eigenvalue weighted by Gasteiger charge is -2.15. The van der Waals surface area contributed by atoms with Crippen LogP contribution < -0.4 is 10.6 Å². The highest BCUT2D eigenvalue weighted by molar-refractivity contribution is 5.92. The summed E-state index contributed by atoms with van der Waals surface area (Å²) < 4.78 is 75.2. The molecule has 1 unspecified atom stereocenters. The molecule has 0 saturated carbocycles. The van der Waals surface area contributed by atoms with Gasteiger partial charge >= 0.3 is 12.4 Å². The molecule has 0 spiro atoms. The summed E-state index contributed by atoms with van der Waals surface area (Å²) in [6.07, 6.45) is -10.6. The molecule has 0 aliphatic carbocycles. The van der Waals surface area contributed by atoms with Gasteiger partial charge < -0.3 is 15.6 Å². The van der Waals surface area contributed by atoms with E-state index in [2.05, 4.69) is 25.7 Å². The Kier molecular flexibility index (Phi) is 7.70. The van der Waals surface area contributed by atoms with Gasteiger partial charge in [-0.1, -0.05) is 6.07 Å². The molecule has 0 fully saturated rings. The second-order valence-electron chi connectivity index (χ2n) is 7.85. The van der Waals surface area contributed by atoms with Crippen molar-refractivity contribution < 1.29 is 35.9 Å². The number of halogens is 6. The lowest BCUT2D eigenvalue weighted by atomic mass is 10.1. The molecule has 1 atom stereocenters. The smallest absolute Gasteiger partial charge is 0.350 e. The van der Waals surface area contributed by atoms with E-state index < -0.39 is 56.0 Å². The third-order valence-electron chi connectivity index (χ3n) is 5.04. The number of hydrogen-bond donors (Lipinski definition) is 3. The van der Waals surface area contributed by atoms with E-state index in [9.17, 15) is 35.9 Å². The van der Waals surface area contributed by atoms with Gasteiger partial charge in [-0.2, -0.15) is 31.4 Å². The lowest BCUT2D eigenvalue weighted by Crippen LogP contribution is -2.27. The number of imidazole rings is 1. The molecule has 0 bridgehead atoms. The number of H-pyrrole nitrogens is 1.